The fraction of sp³-hybridized carbons (Fsp3) is 0.722. The van der Waals surface area contributed by atoms with Gasteiger partial charge in [0.15, 0.2) is 5.90 Å². The van der Waals surface area contributed by atoms with Crippen LogP contribution in [0.2, 0.25) is 0 Å². The van der Waals surface area contributed by atoms with Crippen molar-refractivity contribution in [3.8, 4) is 0 Å². The van der Waals surface area contributed by atoms with E-state index >= 15 is 0 Å². The van der Waals surface area contributed by atoms with Crippen molar-refractivity contribution in [1.29, 1.82) is 0 Å². The third-order valence-corrected chi connectivity index (χ3v) is 4.64. The number of ether oxygens (including phenoxy) is 1. The second-order valence-electron chi connectivity index (χ2n) is 6.91. The molecule has 0 aliphatic carbocycles. The van der Waals surface area contributed by atoms with Gasteiger partial charge in [0.25, 0.3) is 0 Å². The molecular formula is C18H31N5O. The van der Waals surface area contributed by atoms with Gasteiger partial charge in [-0.3, -0.25) is 4.99 Å². The lowest BCUT2D eigenvalue weighted by atomic mass is 10.1. The lowest BCUT2D eigenvalue weighted by Crippen LogP contribution is -2.35. The minimum absolute atomic E-state index is 0.792. The third kappa shape index (κ3) is 5.35. The molecule has 6 nitrogen and oxygen atoms in total. The Balaban J connectivity index is 1.17. The Labute approximate surface area is 146 Å². The van der Waals surface area contributed by atoms with Gasteiger partial charge in [0.1, 0.15) is 6.61 Å². The third-order valence-electron chi connectivity index (χ3n) is 4.64. The average Bonchev–Trinajstić information content (AvgIpc) is 3.30. The highest BCUT2D eigenvalue weighted by Gasteiger charge is 2.16. The van der Waals surface area contributed by atoms with Crippen LogP contribution in [0.3, 0.4) is 0 Å². The first kappa shape index (κ1) is 17.0. The highest BCUT2D eigenvalue weighted by Crippen LogP contribution is 2.13. The normalized spacial score (nSPS) is 19.6. The lowest BCUT2D eigenvalue weighted by molar-refractivity contribution is 0.169. The fourth-order valence-electron chi connectivity index (χ4n) is 3.32. The molecule has 0 atom stereocenters. The summed E-state index contributed by atoms with van der Waals surface area (Å²) in [5.41, 5.74) is 0. The monoisotopic (exact) mass is 333 g/mol. The molecule has 3 aliphatic rings. The van der Waals surface area contributed by atoms with Gasteiger partial charge in [-0.05, 0) is 12.8 Å². The lowest BCUT2D eigenvalue weighted by Gasteiger charge is -2.26. The molecule has 3 heterocycles. The smallest absolute Gasteiger partial charge is 0.183 e. The summed E-state index contributed by atoms with van der Waals surface area (Å²) in [6, 6.07) is 0. The summed E-state index contributed by atoms with van der Waals surface area (Å²) in [5.74, 6) is 0.983. The SMILES string of the molecule is CN1C=CN(CN2C=CN(CCCCCCCC3=NCCO3)C2)C1. The quantitative estimate of drug-likeness (QED) is 0.574. The van der Waals surface area contributed by atoms with E-state index in [2.05, 4.69) is 56.4 Å². The first-order chi connectivity index (χ1) is 11.8. The second-order valence-corrected chi connectivity index (χ2v) is 6.91. The van der Waals surface area contributed by atoms with Crippen LogP contribution in [-0.4, -0.2) is 72.2 Å². The van der Waals surface area contributed by atoms with E-state index in [0.717, 1.165) is 45.5 Å². The Bertz CT molecular complexity index is 476. The largest absolute Gasteiger partial charge is 0.479 e. The number of hydrogen-bond acceptors (Lipinski definition) is 6. The van der Waals surface area contributed by atoms with Crippen LogP contribution in [0.4, 0.5) is 0 Å². The molecule has 0 aromatic heterocycles. The summed E-state index contributed by atoms with van der Waals surface area (Å²) in [6.07, 6.45) is 16.2. The van der Waals surface area contributed by atoms with Crippen LogP contribution in [0.15, 0.2) is 29.8 Å². The zero-order chi connectivity index (χ0) is 16.6. The predicted octanol–water partition coefficient (Wildman–Crippen LogP) is 2.44. The van der Waals surface area contributed by atoms with Gasteiger partial charge in [0, 0.05) is 44.8 Å². The first-order valence-corrected chi connectivity index (χ1v) is 9.25. The highest BCUT2D eigenvalue weighted by molar-refractivity contribution is 5.77. The van der Waals surface area contributed by atoms with Gasteiger partial charge in [0.05, 0.1) is 26.6 Å². The van der Waals surface area contributed by atoms with Gasteiger partial charge in [-0.1, -0.05) is 19.3 Å². The minimum Gasteiger partial charge on any atom is -0.479 e. The standard InChI is InChI=1S/C18H31N5O/c1-20-10-11-22(15-20)17-23-13-12-21(16-23)9-6-4-2-3-5-7-18-19-8-14-24-18/h10-13H,2-9,14-17H2,1H3. The number of aliphatic imine (C=N–C) groups is 1. The Hall–Kier alpha value is -1.85. The number of rotatable bonds is 10. The molecule has 0 aromatic rings. The fourth-order valence-corrected chi connectivity index (χ4v) is 3.32. The molecule has 0 saturated heterocycles. The Kier molecular flexibility index (Phi) is 6.26. The van der Waals surface area contributed by atoms with Crippen LogP contribution >= 0.6 is 0 Å². The van der Waals surface area contributed by atoms with Crippen LogP contribution < -0.4 is 0 Å². The molecule has 0 bridgehead atoms. The maximum absolute atomic E-state index is 5.43. The molecule has 24 heavy (non-hydrogen) atoms. The molecule has 134 valence electrons. The zero-order valence-corrected chi connectivity index (χ0v) is 14.9. The Morgan fingerprint density at radius 1 is 0.917 bits per heavy atom. The molecular weight excluding hydrogens is 302 g/mol. The highest BCUT2D eigenvalue weighted by atomic mass is 16.5. The molecule has 0 aromatic carbocycles. The number of hydrogen-bond donors (Lipinski definition) is 0. The molecule has 0 fully saturated rings. The average molecular weight is 333 g/mol. The Morgan fingerprint density at radius 3 is 2.46 bits per heavy atom. The van der Waals surface area contributed by atoms with E-state index in [4.69, 9.17) is 4.74 Å². The molecule has 0 unspecified atom stereocenters. The summed E-state index contributed by atoms with van der Waals surface area (Å²) in [6.45, 7) is 5.80. The predicted molar refractivity (Wildman–Crippen MR) is 97.0 cm³/mol. The van der Waals surface area contributed by atoms with Crippen molar-refractivity contribution >= 4 is 5.90 Å². The molecule has 0 N–H and O–H groups in total. The topological polar surface area (TPSA) is 34.5 Å². The van der Waals surface area contributed by atoms with Crippen molar-refractivity contribution in [2.24, 2.45) is 4.99 Å². The van der Waals surface area contributed by atoms with E-state index < -0.39 is 0 Å². The van der Waals surface area contributed by atoms with E-state index in [9.17, 15) is 0 Å². The summed E-state index contributed by atoms with van der Waals surface area (Å²) < 4.78 is 5.43. The van der Waals surface area contributed by atoms with E-state index in [1.807, 2.05) is 0 Å². The van der Waals surface area contributed by atoms with Crippen molar-refractivity contribution in [1.82, 2.24) is 19.6 Å². The van der Waals surface area contributed by atoms with Crippen molar-refractivity contribution in [3.63, 3.8) is 0 Å². The summed E-state index contributed by atoms with van der Waals surface area (Å²) in [7, 11) is 2.11. The maximum atomic E-state index is 5.43. The van der Waals surface area contributed by atoms with E-state index in [1.165, 1.54) is 38.6 Å². The molecule has 3 aliphatic heterocycles. The number of unbranched alkanes of at least 4 members (excludes halogenated alkanes) is 4. The van der Waals surface area contributed by atoms with E-state index in [0.29, 0.717) is 0 Å². The number of nitrogens with zero attached hydrogens (tertiary/aromatic N) is 5. The van der Waals surface area contributed by atoms with E-state index in [1.54, 1.807) is 0 Å². The van der Waals surface area contributed by atoms with Gasteiger partial charge >= 0.3 is 0 Å². The van der Waals surface area contributed by atoms with Crippen LogP contribution in [0.1, 0.15) is 38.5 Å². The molecule has 0 amide bonds. The summed E-state index contributed by atoms with van der Waals surface area (Å²) in [4.78, 5) is 13.6. The van der Waals surface area contributed by atoms with E-state index in [-0.39, 0.29) is 0 Å². The van der Waals surface area contributed by atoms with Crippen LogP contribution in [-0.2, 0) is 4.74 Å². The summed E-state index contributed by atoms with van der Waals surface area (Å²) in [5, 5.41) is 0. The minimum atomic E-state index is 0.792. The van der Waals surface area contributed by atoms with Gasteiger partial charge < -0.3 is 24.3 Å². The molecule has 0 radical (unpaired) electrons. The maximum Gasteiger partial charge on any atom is 0.183 e. The summed E-state index contributed by atoms with van der Waals surface area (Å²) >= 11 is 0. The van der Waals surface area contributed by atoms with Crippen molar-refractivity contribution < 1.29 is 4.74 Å². The van der Waals surface area contributed by atoms with Crippen molar-refractivity contribution in [2.45, 2.75) is 38.5 Å². The van der Waals surface area contributed by atoms with Gasteiger partial charge in [-0.15, -0.1) is 0 Å². The molecule has 6 heteroatoms. The second kappa shape index (κ2) is 8.85. The molecule has 0 spiro atoms. The van der Waals surface area contributed by atoms with Crippen molar-refractivity contribution in [3.05, 3.63) is 24.8 Å². The Morgan fingerprint density at radius 2 is 1.67 bits per heavy atom. The van der Waals surface area contributed by atoms with Gasteiger partial charge in [-0.25, -0.2) is 0 Å². The first-order valence-electron chi connectivity index (χ1n) is 9.25. The van der Waals surface area contributed by atoms with Crippen LogP contribution in [0.25, 0.3) is 0 Å². The zero-order valence-electron chi connectivity index (χ0n) is 14.9. The van der Waals surface area contributed by atoms with Crippen molar-refractivity contribution in [2.75, 3.05) is 46.8 Å². The van der Waals surface area contributed by atoms with Crippen LogP contribution in [0.5, 0.6) is 0 Å². The van der Waals surface area contributed by atoms with Gasteiger partial charge in [0.2, 0.25) is 0 Å². The molecule has 3 rings (SSSR count). The van der Waals surface area contributed by atoms with Crippen LogP contribution in [0, 0.1) is 0 Å². The molecule has 0 saturated carbocycles. The van der Waals surface area contributed by atoms with Gasteiger partial charge in [-0.2, -0.15) is 0 Å².